The van der Waals surface area contributed by atoms with Crippen molar-refractivity contribution >= 4 is 33.8 Å². The molecule has 2 aromatic heterocycles. The highest BCUT2D eigenvalue weighted by atomic mass is 32.1. The van der Waals surface area contributed by atoms with Gasteiger partial charge >= 0.3 is 5.82 Å². The fraction of sp³-hybridized carbons (Fsp3) is 0.571. The number of ether oxygens (including phenoxy) is 1. The number of amides is 1. The summed E-state index contributed by atoms with van der Waals surface area (Å²) in [5.41, 5.74) is 0. The Morgan fingerprint density at radius 3 is 2.79 bits per heavy atom. The average molecular weight is 353 g/mol. The highest BCUT2D eigenvalue weighted by Gasteiger charge is 2.32. The molecule has 1 N–H and O–H groups in total. The summed E-state index contributed by atoms with van der Waals surface area (Å²) in [6.45, 7) is 5.89. The molecule has 1 unspecified atom stereocenters. The first-order chi connectivity index (χ1) is 11.5. The van der Waals surface area contributed by atoms with Gasteiger partial charge in [0.2, 0.25) is 11.7 Å². The van der Waals surface area contributed by atoms with E-state index in [1.165, 1.54) is 15.7 Å². The van der Waals surface area contributed by atoms with E-state index in [1.807, 2.05) is 13.8 Å². The molecule has 0 radical (unpaired) electrons. The van der Waals surface area contributed by atoms with Crippen molar-refractivity contribution in [1.29, 1.82) is 0 Å². The van der Waals surface area contributed by atoms with Gasteiger partial charge in [-0.25, -0.2) is 0 Å². The molecule has 0 aromatic carbocycles. The zero-order valence-electron chi connectivity index (χ0n) is 13.5. The second-order valence-electron chi connectivity index (χ2n) is 5.90. The molecule has 2 aromatic rings. The maximum atomic E-state index is 12.8. The third-order valence-electron chi connectivity index (χ3n) is 3.96. The van der Waals surface area contributed by atoms with Gasteiger partial charge in [-0.3, -0.25) is 4.79 Å². The minimum atomic E-state index is -0.577. The van der Waals surface area contributed by atoms with Gasteiger partial charge in [-0.2, -0.15) is 9.38 Å². The van der Waals surface area contributed by atoms with E-state index in [1.54, 1.807) is 16.5 Å². The van der Waals surface area contributed by atoms with Crippen molar-refractivity contribution in [2.24, 2.45) is 5.92 Å². The molecule has 1 fully saturated rings. The zero-order chi connectivity index (χ0) is 17.3. The molecule has 9 nitrogen and oxygen atoms in total. The number of nitrogens with zero attached hydrogens (tertiary/aromatic N) is 4. The number of hydrogen-bond acceptors (Lipinski definition) is 7. The van der Waals surface area contributed by atoms with Crippen LogP contribution in [0.5, 0.6) is 0 Å². The third kappa shape index (κ3) is 3.06. The topological polar surface area (TPSA) is 102 Å². The van der Waals surface area contributed by atoms with Crippen molar-refractivity contribution in [3.63, 3.8) is 0 Å². The van der Waals surface area contributed by atoms with Crippen molar-refractivity contribution < 1.29 is 14.5 Å². The van der Waals surface area contributed by atoms with E-state index < -0.39 is 11.0 Å². The molecular formula is C14H19N5O4S. The molecule has 130 valence electrons. The van der Waals surface area contributed by atoms with Gasteiger partial charge in [0.1, 0.15) is 12.2 Å². The number of nitro groups is 1. The molecule has 0 aliphatic carbocycles. The summed E-state index contributed by atoms with van der Waals surface area (Å²) in [5, 5.41) is 16.2. The van der Waals surface area contributed by atoms with Gasteiger partial charge < -0.3 is 25.1 Å². The lowest BCUT2D eigenvalue weighted by atomic mass is 10.0. The number of imidazole rings is 1. The number of carbonyl (C=O) groups is 1. The molecule has 1 amide bonds. The minimum absolute atomic E-state index is 0.0420. The number of carbonyl (C=O) groups excluding carboxylic acids is 1. The maximum Gasteiger partial charge on any atom is 0.372 e. The molecule has 10 heteroatoms. The summed E-state index contributed by atoms with van der Waals surface area (Å²) in [5.74, 6) is -0.141. The number of rotatable bonds is 5. The molecule has 3 heterocycles. The molecule has 3 rings (SSSR count). The van der Waals surface area contributed by atoms with Crippen molar-refractivity contribution in [2.75, 3.05) is 31.6 Å². The third-order valence-corrected chi connectivity index (χ3v) is 4.71. The standard InChI is InChI=1S/C14H19N5O4S/c1-9(2)10(13(20)17-3-6-23-7-4-17)15-11-12(19(21)22)18-5-8-24-14(18)16-11/h5,8-10,15H,3-4,6-7H2,1-2H3. The lowest BCUT2D eigenvalue weighted by Gasteiger charge is -2.32. The number of morpholine rings is 1. The Morgan fingerprint density at radius 2 is 2.17 bits per heavy atom. The molecular weight excluding hydrogens is 334 g/mol. The molecule has 24 heavy (non-hydrogen) atoms. The second kappa shape index (κ2) is 6.73. The van der Waals surface area contributed by atoms with Crippen LogP contribution in [-0.2, 0) is 9.53 Å². The SMILES string of the molecule is CC(C)C(Nc1nc2sccn2c1[N+](=O)[O-])C(=O)N1CCOCC1. The number of hydrogen-bond donors (Lipinski definition) is 1. The first kappa shape index (κ1) is 16.7. The quantitative estimate of drug-likeness (QED) is 0.647. The van der Waals surface area contributed by atoms with Crippen LogP contribution in [0, 0.1) is 16.0 Å². The van der Waals surface area contributed by atoms with Gasteiger partial charge in [-0.1, -0.05) is 25.2 Å². The number of fused-ring (bicyclic) bond motifs is 1. The average Bonchev–Trinajstić information content (AvgIpc) is 3.12. The Kier molecular flexibility index (Phi) is 4.67. The molecule has 1 atom stereocenters. The summed E-state index contributed by atoms with van der Waals surface area (Å²) in [6.07, 6.45) is 1.60. The molecule has 0 saturated carbocycles. The monoisotopic (exact) mass is 353 g/mol. The van der Waals surface area contributed by atoms with E-state index in [-0.39, 0.29) is 23.5 Å². The van der Waals surface area contributed by atoms with Crippen LogP contribution in [0.15, 0.2) is 11.6 Å². The van der Waals surface area contributed by atoms with Crippen molar-refractivity contribution in [2.45, 2.75) is 19.9 Å². The Balaban J connectivity index is 1.88. The molecule has 1 saturated heterocycles. The van der Waals surface area contributed by atoms with E-state index in [4.69, 9.17) is 4.74 Å². The predicted molar refractivity (Wildman–Crippen MR) is 89.4 cm³/mol. The zero-order valence-corrected chi connectivity index (χ0v) is 14.3. The van der Waals surface area contributed by atoms with E-state index in [0.717, 1.165) is 0 Å². The number of thiazole rings is 1. The summed E-state index contributed by atoms with van der Waals surface area (Å²) >= 11 is 1.31. The van der Waals surface area contributed by atoms with Gasteiger partial charge in [-0.05, 0) is 10.8 Å². The van der Waals surface area contributed by atoms with Gasteiger partial charge in [0, 0.05) is 18.5 Å². The minimum Gasteiger partial charge on any atom is -0.378 e. The summed E-state index contributed by atoms with van der Waals surface area (Å²) in [7, 11) is 0. The van der Waals surface area contributed by atoms with E-state index in [0.29, 0.717) is 31.3 Å². The lowest BCUT2D eigenvalue weighted by Crippen LogP contribution is -2.49. The largest absolute Gasteiger partial charge is 0.378 e. The molecule has 1 aliphatic heterocycles. The highest BCUT2D eigenvalue weighted by Crippen LogP contribution is 2.29. The van der Waals surface area contributed by atoms with Crippen molar-refractivity contribution in [1.82, 2.24) is 14.3 Å². The van der Waals surface area contributed by atoms with E-state index in [2.05, 4.69) is 10.3 Å². The predicted octanol–water partition coefficient (Wildman–Crippen LogP) is 1.60. The van der Waals surface area contributed by atoms with Gasteiger partial charge in [0.25, 0.3) is 4.96 Å². The van der Waals surface area contributed by atoms with Crippen molar-refractivity contribution in [3.8, 4) is 0 Å². The van der Waals surface area contributed by atoms with E-state index >= 15 is 0 Å². The van der Waals surface area contributed by atoms with Gasteiger partial charge in [-0.15, -0.1) is 0 Å². The smallest absolute Gasteiger partial charge is 0.372 e. The Morgan fingerprint density at radius 1 is 1.46 bits per heavy atom. The van der Waals surface area contributed by atoms with E-state index in [9.17, 15) is 14.9 Å². The second-order valence-corrected chi connectivity index (χ2v) is 6.77. The first-order valence-electron chi connectivity index (χ1n) is 7.72. The summed E-state index contributed by atoms with van der Waals surface area (Å²) in [6, 6.07) is -0.577. The van der Waals surface area contributed by atoms with Crippen molar-refractivity contribution in [3.05, 3.63) is 21.7 Å². The fourth-order valence-corrected chi connectivity index (χ4v) is 3.40. The maximum absolute atomic E-state index is 12.8. The Hall–Kier alpha value is -2.20. The summed E-state index contributed by atoms with van der Waals surface area (Å²) in [4.78, 5) is 30.2. The Labute approximate surface area is 142 Å². The van der Waals surface area contributed by atoms with Gasteiger partial charge in [0.05, 0.1) is 13.2 Å². The molecule has 0 spiro atoms. The van der Waals surface area contributed by atoms with Crippen LogP contribution in [0.3, 0.4) is 0 Å². The van der Waals surface area contributed by atoms with Crippen LogP contribution >= 0.6 is 11.3 Å². The molecule has 0 bridgehead atoms. The first-order valence-corrected chi connectivity index (χ1v) is 8.60. The van der Waals surface area contributed by atoms with Crippen LogP contribution in [0.1, 0.15) is 13.8 Å². The summed E-state index contributed by atoms with van der Waals surface area (Å²) < 4.78 is 6.69. The van der Waals surface area contributed by atoms with Crippen LogP contribution in [0.4, 0.5) is 11.6 Å². The number of nitrogens with one attached hydrogen (secondary N) is 1. The van der Waals surface area contributed by atoms with Crippen LogP contribution in [0.25, 0.3) is 4.96 Å². The van der Waals surface area contributed by atoms with Gasteiger partial charge in [0.15, 0.2) is 0 Å². The van der Waals surface area contributed by atoms with Crippen LogP contribution < -0.4 is 5.32 Å². The highest BCUT2D eigenvalue weighted by molar-refractivity contribution is 7.15. The fourth-order valence-electron chi connectivity index (χ4n) is 2.69. The van der Waals surface area contributed by atoms with Crippen LogP contribution in [-0.4, -0.2) is 57.5 Å². The normalized spacial score (nSPS) is 16.5. The van der Waals surface area contributed by atoms with Crippen LogP contribution in [0.2, 0.25) is 0 Å². The Bertz CT molecular complexity index is 750. The number of anilines is 1. The number of aromatic nitrogens is 2. The lowest BCUT2D eigenvalue weighted by molar-refractivity contribution is -0.389. The molecule has 1 aliphatic rings.